The summed E-state index contributed by atoms with van der Waals surface area (Å²) in [6.07, 6.45) is 6.52. The standard InChI is InChI=1S/C22H30N4O2/c1-2-11-26-19-10-6-5-9-18(19)23-21(22(26)28)25-14-12-24(13-15-25)20(27)16-17-7-3-4-8-17/h5-6,9-10,17H,2-4,7-8,11-16H2,1H3. The van der Waals surface area contributed by atoms with Crippen LogP contribution in [0.25, 0.3) is 11.0 Å². The van der Waals surface area contributed by atoms with Crippen molar-refractivity contribution >= 4 is 22.8 Å². The Hall–Kier alpha value is -2.37. The zero-order valence-electron chi connectivity index (χ0n) is 16.8. The molecule has 1 aliphatic carbocycles. The fraction of sp³-hybridized carbons (Fsp3) is 0.591. The van der Waals surface area contributed by atoms with Crippen molar-refractivity contribution in [2.24, 2.45) is 5.92 Å². The van der Waals surface area contributed by atoms with E-state index in [0.29, 0.717) is 50.9 Å². The molecule has 0 radical (unpaired) electrons. The van der Waals surface area contributed by atoms with Crippen molar-refractivity contribution in [2.75, 3.05) is 31.1 Å². The number of carbonyl (C=O) groups excluding carboxylic acids is 1. The number of carbonyl (C=O) groups is 1. The molecule has 1 amide bonds. The lowest BCUT2D eigenvalue weighted by Gasteiger charge is -2.35. The van der Waals surface area contributed by atoms with E-state index < -0.39 is 0 Å². The molecule has 2 aliphatic rings. The van der Waals surface area contributed by atoms with Gasteiger partial charge in [0.05, 0.1) is 11.0 Å². The van der Waals surface area contributed by atoms with Gasteiger partial charge in [0.25, 0.3) is 5.56 Å². The van der Waals surface area contributed by atoms with Crippen LogP contribution in [0.5, 0.6) is 0 Å². The van der Waals surface area contributed by atoms with Crippen molar-refractivity contribution in [1.82, 2.24) is 14.5 Å². The third-order valence-electron chi connectivity index (χ3n) is 6.15. The molecule has 1 aliphatic heterocycles. The fourth-order valence-corrected chi connectivity index (χ4v) is 4.59. The zero-order chi connectivity index (χ0) is 19.5. The van der Waals surface area contributed by atoms with Gasteiger partial charge in [-0.1, -0.05) is 31.9 Å². The van der Waals surface area contributed by atoms with Gasteiger partial charge in [0, 0.05) is 39.1 Å². The van der Waals surface area contributed by atoms with Crippen molar-refractivity contribution in [1.29, 1.82) is 0 Å². The van der Waals surface area contributed by atoms with E-state index >= 15 is 0 Å². The van der Waals surface area contributed by atoms with Crippen molar-refractivity contribution in [3.63, 3.8) is 0 Å². The summed E-state index contributed by atoms with van der Waals surface area (Å²) in [6, 6.07) is 7.83. The molecule has 1 saturated heterocycles. The number of rotatable bonds is 5. The second-order valence-electron chi connectivity index (χ2n) is 8.10. The van der Waals surface area contributed by atoms with Crippen LogP contribution >= 0.6 is 0 Å². The molecule has 150 valence electrons. The molecular weight excluding hydrogens is 352 g/mol. The van der Waals surface area contributed by atoms with E-state index in [1.165, 1.54) is 25.7 Å². The SMILES string of the molecule is CCCn1c(=O)c(N2CCN(C(=O)CC3CCCC3)CC2)nc2ccccc21. The number of aromatic nitrogens is 2. The van der Waals surface area contributed by atoms with Gasteiger partial charge < -0.3 is 14.4 Å². The Morgan fingerprint density at radius 3 is 2.54 bits per heavy atom. The van der Waals surface area contributed by atoms with Crippen LogP contribution in [-0.4, -0.2) is 46.5 Å². The highest BCUT2D eigenvalue weighted by Gasteiger charge is 2.27. The highest BCUT2D eigenvalue weighted by atomic mass is 16.2. The number of hydrogen-bond donors (Lipinski definition) is 0. The van der Waals surface area contributed by atoms with Crippen LogP contribution in [0, 0.1) is 5.92 Å². The molecule has 28 heavy (non-hydrogen) atoms. The first kappa shape index (κ1) is 19.0. The Morgan fingerprint density at radius 1 is 1.11 bits per heavy atom. The first-order valence-corrected chi connectivity index (χ1v) is 10.7. The van der Waals surface area contributed by atoms with Gasteiger partial charge in [-0.25, -0.2) is 4.98 Å². The van der Waals surface area contributed by atoms with Crippen LogP contribution in [0.15, 0.2) is 29.1 Å². The monoisotopic (exact) mass is 382 g/mol. The molecule has 1 aromatic carbocycles. The van der Waals surface area contributed by atoms with E-state index in [1.54, 1.807) is 0 Å². The van der Waals surface area contributed by atoms with E-state index in [4.69, 9.17) is 0 Å². The van der Waals surface area contributed by atoms with Gasteiger partial charge in [0.1, 0.15) is 0 Å². The first-order chi connectivity index (χ1) is 13.7. The van der Waals surface area contributed by atoms with Crippen LogP contribution < -0.4 is 10.5 Å². The Balaban J connectivity index is 1.50. The van der Waals surface area contributed by atoms with Crippen LogP contribution in [0.2, 0.25) is 0 Å². The normalized spacial score (nSPS) is 18.2. The van der Waals surface area contributed by atoms with Gasteiger partial charge in [-0.3, -0.25) is 9.59 Å². The third-order valence-corrected chi connectivity index (χ3v) is 6.15. The number of anilines is 1. The van der Waals surface area contributed by atoms with Gasteiger partial charge in [0.15, 0.2) is 5.82 Å². The molecule has 2 aromatic rings. The van der Waals surface area contributed by atoms with Crippen LogP contribution in [0.1, 0.15) is 45.4 Å². The topological polar surface area (TPSA) is 58.4 Å². The Bertz CT molecular complexity index is 893. The number of nitrogens with zero attached hydrogens (tertiary/aromatic N) is 4. The van der Waals surface area contributed by atoms with Gasteiger partial charge in [-0.15, -0.1) is 0 Å². The molecule has 6 nitrogen and oxygen atoms in total. The summed E-state index contributed by atoms with van der Waals surface area (Å²) < 4.78 is 1.84. The molecule has 0 spiro atoms. The molecule has 0 unspecified atom stereocenters. The molecule has 2 fully saturated rings. The Labute approximate surface area is 166 Å². The number of para-hydroxylation sites is 2. The lowest BCUT2D eigenvalue weighted by atomic mass is 10.0. The van der Waals surface area contributed by atoms with Gasteiger partial charge in [-0.2, -0.15) is 0 Å². The largest absolute Gasteiger partial charge is 0.348 e. The van der Waals surface area contributed by atoms with Crippen molar-refractivity contribution < 1.29 is 4.79 Å². The van der Waals surface area contributed by atoms with Crippen LogP contribution in [0.4, 0.5) is 5.82 Å². The first-order valence-electron chi connectivity index (χ1n) is 10.7. The summed E-state index contributed by atoms with van der Waals surface area (Å²) in [5.41, 5.74) is 1.72. The number of benzene rings is 1. The van der Waals surface area contributed by atoms with E-state index in [1.807, 2.05) is 33.7 Å². The second-order valence-corrected chi connectivity index (χ2v) is 8.10. The Morgan fingerprint density at radius 2 is 1.82 bits per heavy atom. The van der Waals surface area contributed by atoms with Crippen molar-refractivity contribution in [2.45, 2.75) is 52.0 Å². The maximum atomic E-state index is 13.1. The molecule has 0 atom stereocenters. The maximum absolute atomic E-state index is 13.1. The predicted molar refractivity (Wildman–Crippen MR) is 112 cm³/mol. The van der Waals surface area contributed by atoms with Gasteiger partial charge in [0.2, 0.25) is 5.91 Å². The second kappa shape index (κ2) is 8.33. The quantitative estimate of drug-likeness (QED) is 0.798. The average Bonchev–Trinajstić information content (AvgIpc) is 3.23. The number of piperazine rings is 1. The van der Waals surface area contributed by atoms with Gasteiger partial charge >= 0.3 is 0 Å². The number of fused-ring (bicyclic) bond motifs is 1. The maximum Gasteiger partial charge on any atom is 0.294 e. The van der Waals surface area contributed by atoms with Crippen molar-refractivity contribution in [3.05, 3.63) is 34.6 Å². The number of amides is 1. The minimum atomic E-state index is -0.0220. The highest BCUT2D eigenvalue weighted by Crippen LogP contribution is 2.28. The summed E-state index contributed by atoms with van der Waals surface area (Å²) in [5, 5.41) is 0. The lowest BCUT2D eigenvalue weighted by molar-refractivity contribution is -0.132. The van der Waals surface area contributed by atoms with E-state index in [0.717, 1.165) is 17.5 Å². The molecule has 0 N–H and O–H groups in total. The summed E-state index contributed by atoms with van der Waals surface area (Å²) in [6.45, 7) is 5.46. The molecular formula is C22H30N4O2. The van der Waals surface area contributed by atoms with Crippen LogP contribution in [-0.2, 0) is 11.3 Å². The lowest BCUT2D eigenvalue weighted by Crippen LogP contribution is -2.50. The zero-order valence-corrected chi connectivity index (χ0v) is 16.8. The smallest absolute Gasteiger partial charge is 0.294 e. The molecule has 6 heteroatoms. The fourth-order valence-electron chi connectivity index (χ4n) is 4.59. The van der Waals surface area contributed by atoms with Crippen LogP contribution in [0.3, 0.4) is 0 Å². The number of aryl methyl sites for hydroxylation is 1. The molecule has 0 bridgehead atoms. The minimum Gasteiger partial charge on any atom is -0.348 e. The highest BCUT2D eigenvalue weighted by molar-refractivity contribution is 5.77. The Kier molecular flexibility index (Phi) is 5.64. The van der Waals surface area contributed by atoms with E-state index in [9.17, 15) is 9.59 Å². The summed E-state index contributed by atoms with van der Waals surface area (Å²) in [4.78, 5) is 34.4. The summed E-state index contributed by atoms with van der Waals surface area (Å²) in [7, 11) is 0. The third kappa shape index (κ3) is 3.77. The summed E-state index contributed by atoms with van der Waals surface area (Å²) >= 11 is 0. The van der Waals surface area contributed by atoms with E-state index in [-0.39, 0.29) is 11.5 Å². The molecule has 4 rings (SSSR count). The van der Waals surface area contributed by atoms with Crippen molar-refractivity contribution in [3.8, 4) is 0 Å². The molecule has 1 saturated carbocycles. The average molecular weight is 383 g/mol. The molecule has 2 heterocycles. The minimum absolute atomic E-state index is 0.0220. The van der Waals surface area contributed by atoms with E-state index in [2.05, 4.69) is 16.8 Å². The van der Waals surface area contributed by atoms with Gasteiger partial charge in [-0.05, 0) is 37.3 Å². The number of hydrogen-bond acceptors (Lipinski definition) is 4. The predicted octanol–water partition coefficient (Wildman–Crippen LogP) is 3.04. The summed E-state index contributed by atoms with van der Waals surface area (Å²) in [5.74, 6) is 1.38. The molecule has 1 aromatic heterocycles.